The summed E-state index contributed by atoms with van der Waals surface area (Å²) in [6.45, 7) is 1.16. The first-order valence-corrected chi connectivity index (χ1v) is 11.6. The maximum atomic E-state index is 12.7. The van der Waals surface area contributed by atoms with Crippen LogP contribution in [0.1, 0.15) is 64.2 Å². The van der Waals surface area contributed by atoms with Crippen molar-refractivity contribution in [2.75, 3.05) is 18.4 Å². The summed E-state index contributed by atoms with van der Waals surface area (Å²) in [5, 5.41) is 2.71. The van der Waals surface area contributed by atoms with Crippen LogP contribution in [-0.4, -0.2) is 38.0 Å². The predicted octanol–water partition coefficient (Wildman–Crippen LogP) is 4.52. The minimum Gasteiger partial charge on any atom is -0.446 e. The topological polar surface area (TPSA) is 75.7 Å². The summed E-state index contributed by atoms with van der Waals surface area (Å²) in [5.41, 5.74) is 0.545. The van der Waals surface area contributed by atoms with Gasteiger partial charge in [0.1, 0.15) is 6.10 Å². The molecule has 0 bridgehead atoms. The normalized spacial score (nSPS) is 20.4. The molecule has 1 heterocycles. The van der Waals surface area contributed by atoms with E-state index in [4.69, 9.17) is 4.74 Å². The van der Waals surface area contributed by atoms with Gasteiger partial charge in [0.05, 0.1) is 4.90 Å². The first kappa shape index (κ1) is 20.1. The summed E-state index contributed by atoms with van der Waals surface area (Å²) in [6.07, 6.45) is 10.1. The number of piperidine rings is 1. The van der Waals surface area contributed by atoms with Crippen LogP contribution < -0.4 is 5.32 Å². The molecule has 1 aliphatic heterocycles. The van der Waals surface area contributed by atoms with E-state index in [9.17, 15) is 13.2 Å². The lowest BCUT2D eigenvalue weighted by Crippen LogP contribution is -2.35. The molecule has 1 saturated heterocycles. The van der Waals surface area contributed by atoms with Crippen molar-refractivity contribution < 1.29 is 17.9 Å². The standard InChI is InChI=1S/C20H30N2O4S/c23-20(26-18-9-5-2-1-3-6-10-18)21-17-11-13-19(14-12-17)27(24,25)22-15-7-4-8-16-22/h11-14,18H,1-10,15-16H2,(H,21,23). The number of hydrogen-bond donors (Lipinski definition) is 1. The summed E-state index contributed by atoms with van der Waals surface area (Å²) in [7, 11) is -3.45. The SMILES string of the molecule is O=C(Nc1ccc(S(=O)(=O)N2CCCCC2)cc1)OC1CCCCCCC1. The van der Waals surface area contributed by atoms with Gasteiger partial charge in [-0.25, -0.2) is 13.2 Å². The van der Waals surface area contributed by atoms with Gasteiger partial charge in [-0.3, -0.25) is 5.32 Å². The number of nitrogens with one attached hydrogen (secondary N) is 1. The summed E-state index contributed by atoms with van der Waals surface area (Å²) >= 11 is 0. The van der Waals surface area contributed by atoms with E-state index in [1.165, 1.54) is 19.3 Å². The Morgan fingerprint density at radius 1 is 0.889 bits per heavy atom. The molecule has 1 aromatic carbocycles. The van der Waals surface area contributed by atoms with E-state index < -0.39 is 16.1 Å². The second-order valence-electron chi connectivity index (χ2n) is 7.49. The van der Waals surface area contributed by atoms with E-state index in [0.29, 0.717) is 18.8 Å². The zero-order valence-corrected chi connectivity index (χ0v) is 16.7. The number of amides is 1. The molecule has 150 valence electrons. The smallest absolute Gasteiger partial charge is 0.411 e. The second-order valence-corrected chi connectivity index (χ2v) is 9.42. The van der Waals surface area contributed by atoms with E-state index in [-0.39, 0.29) is 11.0 Å². The van der Waals surface area contributed by atoms with Gasteiger partial charge in [0.25, 0.3) is 0 Å². The predicted molar refractivity (Wildman–Crippen MR) is 105 cm³/mol. The van der Waals surface area contributed by atoms with Crippen LogP contribution in [-0.2, 0) is 14.8 Å². The molecule has 2 aliphatic rings. The Morgan fingerprint density at radius 3 is 2.07 bits per heavy atom. The average molecular weight is 395 g/mol. The van der Waals surface area contributed by atoms with Crippen LogP contribution in [0.2, 0.25) is 0 Å². The van der Waals surface area contributed by atoms with Crippen molar-refractivity contribution in [2.24, 2.45) is 0 Å². The Kier molecular flexibility index (Phi) is 7.13. The second kappa shape index (κ2) is 9.55. The Bertz CT molecular complexity index is 704. The number of anilines is 1. The van der Waals surface area contributed by atoms with Crippen molar-refractivity contribution in [1.29, 1.82) is 0 Å². The fourth-order valence-corrected chi connectivity index (χ4v) is 5.32. The molecule has 1 aromatic rings. The van der Waals surface area contributed by atoms with Crippen LogP contribution in [0.25, 0.3) is 0 Å². The lowest BCUT2D eigenvalue weighted by atomic mass is 9.99. The van der Waals surface area contributed by atoms with Gasteiger partial charge in [-0.05, 0) is 62.8 Å². The Morgan fingerprint density at radius 2 is 1.44 bits per heavy atom. The zero-order valence-electron chi connectivity index (χ0n) is 15.9. The zero-order chi connectivity index (χ0) is 19.1. The van der Waals surface area contributed by atoms with E-state index in [0.717, 1.165) is 44.9 Å². The number of hydrogen-bond acceptors (Lipinski definition) is 4. The van der Waals surface area contributed by atoms with E-state index in [2.05, 4.69) is 5.32 Å². The third kappa shape index (κ3) is 5.69. The van der Waals surface area contributed by atoms with Gasteiger partial charge in [0.15, 0.2) is 0 Å². The highest BCUT2D eigenvalue weighted by Gasteiger charge is 2.25. The molecule has 1 saturated carbocycles. The monoisotopic (exact) mass is 394 g/mol. The fourth-order valence-electron chi connectivity index (χ4n) is 3.80. The molecule has 0 atom stereocenters. The minimum atomic E-state index is -3.45. The summed E-state index contributed by atoms with van der Waals surface area (Å²) in [5.74, 6) is 0. The van der Waals surface area contributed by atoms with Crippen LogP contribution in [0, 0.1) is 0 Å². The van der Waals surface area contributed by atoms with E-state index in [1.807, 2.05) is 0 Å². The van der Waals surface area contributed by atoms with Crippen LogP contribution in [0.5, 0.6) is 0 Å². The Hall–Kier alpha value is -1.60. The maximum Gasteiger partial charge on any atom is 0.411 e. The number of sulfonamides is 1. The molecule has 1 amide bonds. The third-order valence-electron chi connectivity index (χ3n) is 5.38. The van der Waals surface area contributed by atoms with Crippen molar-refractivity contribution in [2.45, 2.75) is 75.2 Å². The molecule has 6 nitrogen and oxygen atoms in total. The highest BCUT2D eigenvalue weighted by molar-refractivity contribution is 7.89. The first-order valence-electron chi connectivity index (χ1n) is 10.1. The molecule has 3 rings (SSSR count). The van der Waals surface area contributed by atoms with Gasteiger partial charge in [-0.15, -0.1) is 0 Å². The molecular formula is C20H30N2O4S. The molecular weight excluding hydrogens is 364 g/mol. The number of rotatable bonds is 4. The number of benzene rings is 1. The number of ether oxygens (including phenoxy) is 1. The lowest BCUT2D eigenvalue weighted by Gasteiger charge is -2.25. The molecule has 0 spiro atoms. The van der Waals surface area contributed by atoms with Gasteiger partial charge in [-0.1, -0.05) is 25.7 Å². The van der Waals surface area contributed by atoms with Gasteiger partial charge >= 0.3 is 6.09 Å². The first-order chi connectivity index (χ1) is 13.1. The minimum absolute atomic E-state index is 0.0240. The van der Waals surface area contributed by atoms with Crippen LogP contribution >= 0.6 is 0 Å². The molecule has 1 N–H and O–H groups in total. The van der Waals surface area contributed by atoms with Crippen LogP contribution in [0.3, 0.4) is 0 Å². The fraction of sp³-hybridized carbons (Fsp3) is 0.650. The Labute approximate surface area is 162 Å². The summed E-state index contributed by atoms with van der Waals surface area (Å²) < 4.78 is 32.4. The largest absolute Gasteiger partial charge is 0.446 e. The highest BCUT2D eigenvalue weighted by Crippen LogP contribution is 2.23. The Balaban J connectivity index is 1.55. The van der Waals surface area contributed by atoms with Gasteiger partial charge in [0.2, 0.25) is 10.0 Å². The van der Waals surface area contributed by atoms with Gasteiger partial charge in [-0.2, -0.15) is 4.31 Å². The van der Waals surface area contributed by atoms with Crippen molar-refractivity contribution in [3.8, 4) is 0 Å². The highest BCUT2D eigenvalue weighted by atomic mass is 32.2. The summed E-state index contributed by atoms with van der Waals surface area (Å²) in [4.78, 5) is 12.4. The average Bonchev–Trinajstić information content (AvgIpc) is 2.65. The van der Waals surface area contributed by atoms with Gasteiger partial charge < -0.3 is 4.74 Å². The van der Waals surface area contributed by atoms with Crippen molar-refractivity contribution in [1.82, 2.24) is 4.31 Å². The molecule has 0 aromatic heterocycles. The molecule has 2 fully saturated rings. The van der Waals surface area contributed by atoms with Crippen molar-refractivity contribution in [3.05, 3.63) is 24.3 Å². The number of carbonyl (C=O) groups excluding carboxylic acids is 1. The molecule has 0 unspecified atom stereocenters. The lowest BCUT2D eigenvalue weighted by molar-refractivity contribution is 0.0933. The number of nitrogens with zero attached hydrogens (tertiary/aromatic N) is 1. The third-order valence-corrected chi connectivity index (χ3v) is 7.29. The maximum absolute atomic E-state index is 12.7. The molecule has 1 aliphatic carbocycles. The quantitative estimate of drug-likeness (QED) is 0.814. The van der Waals surface area contributed by atoms with E-state index >= 15 is 0 Å². The van der Waals surface area contributed by atoms with Crippen molar-refractivity contribution >= 4 is 21.8 Å². The van der Waals surface area contributed by atoms with E-state index in [1.54, 1.807) is 28.6 Å². The molecule has 27 heavy (non-hydrogen) atoms. The number of carbonyl (C=O) groups is 1. The van der Waals surface area contributed by atoms with Crippen molar-refractivity contribution in [3.63, 3.8) is 0 Å². The molecule has 0 radical (unpaired) electrons. The van der Waals surface area contributed by atoms with Gasteiger partial charge in [0, 0.05) is 18.8 Å². The summed E-state index contributed by atoms with van der Waals surface area (Å²) in [6, 6.07) is 6.34. The van der Waals surface area contributed by atoms with Crippen LogP contribution in [0.4, 0.5) is 10.5 Å². The molecule has 7 heteroatoms. The van der Waals surface area contributed by atoms with Crippen LogP contribution in [0.15, 0.2) is 29.2 Å².